The second-order valence-corrected chi connectivity index (χ2v) is 2.98. The fourth-order valence-corrected chi connectivity index (χ4v) is 1.32. The minimum absolute atomic E-state index is 0.192. The summed E-state index contributed by atoms with van der Waals surface area (Å²) in [5.41, 5.74) is 0.274. The molecule has 0 fully saturated rings. The summed E-state index contributed by atoms with van der Waals surface area (Å²) in [7, 11) is -2.40. The Morgan fingerprint density at radius 1 is 1.36 bits per heavy atom. The van der Waals surface area contributed by atoms with Gasteiger partial charge in [-0.2, -0.15) is 4.89 Å². The Balaban J connectivity index is 3.22. The van der Waals surface area contributed by atoms with Gasteiger partial charge in [0.15, 0.2) is 6.29 Å². The summed E-state index contributed by atoms with van der Waals surface area (Å²) in [6, 6.07) is 6.23. The van der Waals surface area contributed by atoms with E-state index in [0.717, 1.165) is 0 Å². The summed E-state index contributed by atoms with van der Waals surface area (Å²) in [5, 5.41) is 0.192. The first-order valence-corrected chi connectivity index (χ1v) is 4.17. The molecule has 0 heterocycles. The van der Waals surface area contributed by atoms with Gasteiger partial charge in [-0.25, -0.2) is 0 Å². The van der Waals surface area contributed by atoms with E-state index in [9.17, 15) is 9.36 Å². The number of aldehydes is 1. The van der Waals surface area contributed by atoms with Crippen molar-refractivity contribution in [3.63, 3.8) is 0 Å². The summed E-state index contributed by atoms with van der Waals surface area (Å²) in [6.07, 6.45) is 0.568. The zero-order valence-corrected chi connectivity index (χ0v) is 6.49. The van der Waals surface area contributed by atoms with Crippen LogP contribution >= 0.6 is 8.03 Å². The van der Waals surface area contributed by atoms with Gasteiger partial charge in [-0.3, -0.25) is 4.79 Å². The maximum atomic E-state index is 10.6. The van der Waals surface area contributed by atoms with Gasteiger partial charge in [0.25, 0.3) is 0 Å². The van der Waals surface area contributed by atoms with Crippen molar-refractivity contribution in [3.8, 4) is 0 Å². The van der Waals surface area contributed by atoms with Crippen molar-refractivity contribution in [2.45, 2.75) is 0 Å². The molecule has 56 valence electrons. The predicted octanol–water partition coefficient (Wildman–Crippen LogP) is 0.859. The quantitative estimate of drug-likeness (QED) is 0.527. The Morgan fingerprint density at radius 2 is 2.00 bits per heavy atom. The average Bonchev–Trinajstić information content (AvgIpc) is 2.04. The van der Waals surface area contributed by atoms with Crippen molar-refractivity contribution >= 4 is 19.6 Å². The molecule has 4 heteroatoms. The van der Waals surface area contributed by atoms with Gasteiger partial charge in [0, 0.05) is 0 Å². The first-order valence-electron chi connectivity index (χ1n) is 2.96. The monoisotopic (exact) mass is 169 g/mol. The summed E-state index contributed by atoms with van der Waals surface area (Å²) in [6.45, 7) is 0. The molecule has 0 saturated heterocycles. The minimum atomic E-state index is -2.40. The number of hydrogen-bond acceptors (Lipinski definition) is 2. The van der Waals surface area contributed by atoms with Crippen LogP contribution in [0.5, 0.6) is 0 Å². The van der Waals surface area contributed by atoms with Gasteiger partial charge < -0.3 is 0 Å². The van der Waals surface area contributed by atoms with E-state index < -0.39 is 8.03 Å². The van der Waals surface area contributed by atoms with Crippen LogP contribution in [0.15, 0.2) is 24.3 Å². The zero-order chi connectivity index (χ0) is 8.27. The summed E-state index contributed by atoms with van der Waals surface area (Å²) < 4.78 is 10.6. The van der Waals surface area contributed by atoms with E-state index in [0.29, 0.717) is 6.29 Å². The topological polar surface area (TPSA) is 54.4 Å². The highest BCUT2D eigenvalue weighted by atomic mass is 31.1. The molecule has 0 aromatic heterocycles. The third-order valence-electron chi connectivity index (χ3n) is 1.27. The molecule has 0 aliphatic rings. The first kappa shape index (κ1) is 8.05. The minimum Gasteiger partial charge on any atom is -0.298 e. The standard InChI is InChI=1S/C7H5O3P/c8-5-6-3-1-2-4-7(6)11(9)10/h1-5H/p+1. The zero-order valence-electron chi connectivity index (χ0n) is 5.60. The van der Waals surface area contributed by atoms with Crippen molar-refractivity contribution in [2.75, 3.05) is 0 Å². The van der Waals surface area contributed by atoms with Gasteiger partial charge >= 0.3 is 8.03 Å². The van der Waals surface area contributed by atoms with E-state index in [2.05, 4.69) is 0 Å². The van der Waals surface area contributed by atoms with Crippen LogP contribution in [-0.4, -0.2) is 11.2 Å². The van der Waals surface area contributed by atoms with Crippen LogP contribution < -0.4 is 5.30 Å². The molecule has 0 aliphatic heterocycles. The fourth-order valence-electron chi connectivity index (χ4n) is 0.761. The van der Waals surface area contributed by atoms with Gasteiger partial charge in [-0.15, -0.1) is 0 Å². The fraction of sp³-hybridized carbons (Fsp3) is 0. The Hall–Kier alpha value is -1.05. The lowest BCUT2D eigenvalue weighted by Crippen LogP contribution is -2.02. The van der Waals surface area contributed by atoms with Crippen LogP contribution in [0.1, 0.15) is 10.4 Å². The van der Waals surface area contributed by atoms with Crippen molar-refractivity contribution in [1.29, 1.82) is 0 Å². The van der Waals surface area contributed by atoms with Crippen LogP contribution in [0.3, 0.4) is 0 Å². The number of hydrogen-bond donors (Lipinski definition) is 1. The maximum absolute atomic E-state index is 10.6. The molecule has 1 unspecified atom stereocenters. The van der Waals surface area contributed by atoms with Crippen LogP contribution in [-0.2, 0) is 4.57 Å². The molecule has 1 N–H and O–H groups in total. The highest BCUT2D eigenvalue weighted by molar-refractivity contribution is 7.47. The lowest BCUT2D eigenvalue weighted by atomic mass is 10.2. The highest BCUT2D eigenvalue weighted by Gasteiger charge is 2.19. The second kappa shape index (κ2) is 3.37. The lowest BCUT2D eigenvalue weighted by molar-refractivity contribution is 0.112. The molecule has 1 aromatic carbocycles. The van der Waals surface area contributed by atoms with E-state index >= 15 is 0 Å². The molecular weight excluding hydrogens is 163 g/mol. The molecule has 0 aliphatic carbocycles. The third kappa shape index (κ3) is 1.70. The normalized spacial score (nSPS) is 10.8. The maximum Gasteiger partial charge on any atom is 0.546 e. The molecule has 0 radical (unpaired) electrons. The summed E-state index contributed by atoms with van der Waals surface area (Å²) >= 11 is 0. The highest BCUT2D eigenvalue weighted by Crippen LogP contribution is 2.14. The largest absolute Gasteiger partial charge is 0.546 e. The van der Waals surface area contributed by atoms with Crippen LogP contribution in [0, 0.1) is 0 Å². The lowest BCUT2D eigenvalue weighted by Gasteiger charge is -1.86. The Kier molecular flexibility index (Phi) is 2.47. The molecule has 0 bridgehead atoms. The molecule has 0 amide bonds. The molecule has 11 heavy (non-hydrogen) atoms. The Bertz CT molecular complexity index is 295. The number of benzene rings is 1. The molecule has 1 rings (SSSR count). The van der Waals surface area contributed by atoms with Crippen LogP contribution in [0.4, 0.5) is 0 Å². The third-order valence-corrected chi connectivity index (χ3v) is 2.09. The van der Waals surface area contributed by atoms with Gasteiger partial charge in [0.2, 0.25) is 5.30 Å². The molecule has 1 aromatic rings. The van der Waals surface area contributed by atoms with Gasteiger partial charge in [0.1, 0.15) is 0 Å². The van der Waals surface area contributed by atoms with E-state index in [1.54, 1.807) is 12.1 Å². The Morgan fingerprint density at radius 3 is 2.45 bits per heavy atom. The van der Waals surface area contributed by atoms with Crippen LogP contribution in [0.2, 0.25) is 0 Å². The number of carbonyl (C=O) groups is 1. The Labute approximate surface area is 64.5 Å². The van der Waals surface area contributed by atoms with Crippen LogP contribution in [0.25, 0.3) is 0 Å². The van der Waals surface area contributed by atoms with E-state index in [1.807, 2.05) is 0 Å². The van der Waals surface area contributed by atoms with Crippen molar-refractivity contribution in [3.05, 3.63) is 29.8 Å². The predicted molar refractivity (Wildman–Crippen MR) is 41.3 cm³/mol. The van der Waals surface area contributed by atoms with Gasteiger partial charge in [-0.1, -0.05) is 12.1 Å². The molecular formula is C7H6O3P+. The molecule has 0 saturated carbocycles. The summed E-state index contributed by atoms with van der Waals surface area (Å²) in [4.78, 5) is 19.0. The molecule has 0 spiro atoms. The number of rotatable bonds is 2. The van der Waals surface area contributed by atoms with Gasteiger partial charge in [0.05, 0.1) is 5.56 Å². The second-order valence-electron chi connectivity index (χ2n) is 1.95. The van der Waals surface area contributed by atoms with Gasteiger partial charge in [-0.05, 0) is 16.7 Å². The van der Waals surface area contributed by atoms with Crippen molar-refractivity contribution in [1.82, 2.24) is 0 Å². The molecule has 1 atom stereocenters. The van der Waals surface area contributed by atoms with E-state index in [-0.39, 0.29) is 10.9 Å². The van der Waals surface area contributed by atoms with E-state index in [1.165, 1.54) is 12.1 Å². The van der Waals surface area contributed by atoms with Crippen molar-refractivity contribution < 1.29 is 14.3 Å². The molecule has 3 nitrogen and oxygen atoms in total. The summed E-state index contributed by atoms with van der Waals surface area (Å²) in [5.74, 6) is 0. The number of carbonyl (C=O) groups excluding carboxylic acids is 1. The first-order chi connectivity index (χ1) is 5.25. The SMILES string of the molecule is O=Cc1ccccc1[P+](=O)O. The average molecular weight is 169 g/mol. The van der Waals surface area contributed by atoms with E-state index in [4.69, 9.17) is 4.89 Å². The smallest absolute Gasteiger partial charge is 0.298 e. The van der Waals surface area contributed by atoms with Crippen molar-refractivity contribution in [2.24, 2.45) is 0 Å².